The van der Waals surface area contributed by atoms with Crippen LogP contribution < -0.4 is 10.4 Å². The Balaban J connectivity index is 1.80. The summed E-state index contributed by atoms with van der Waals surface area (Å²) in [5.41, 5.74) is -1.17. The Labute approximate surface area is 144 Å². The van der Waals surface area contributed by atoms with Crippen LogP contribution in [0.4, 0.5) is 5.88 Å². The van der Waals surface area contributed by atoms with Crippen molar-refractivity contribution in [3.8, 4) is 0 Å². The van der Waals surface area contributed by atoms with Crippen LogP contribution in [0.5, 0.6) is 0 Å². The molecule has 25 heavy (non-hydrogen) atoms. The van der Waals surface area contributed by atoms with Crippen molar-refractivity contribution in [3.05, 3.63) is 18.4 Å². The summed E-state index contributed by atoms with van der Waals surface area (Å²) in [6, 6.07) is 2.38. The van der Waals surface area contributed by atoms with Gasteiger partial charge in [0.25, 0.3) is 5.91 Å². The zero-order valence-electron chi connectivity index (χ0n) is 13.7. The molecule has 1 amide bonds. The molecule has 2 aliphatic heterocycles. The highest BCUT2D eigenvalue weighted by molar-refractivity contribution is 7.83. The fraction of sp³-hybridized carbons (Fsp3) is 0.571. The molecule has 2 saturated heterocycles. The number of nitrogens with zero attached hydrogens (tertiary/aromatic N) is 2. The third-order valence-corrected chi connectivity index (χ3v) is 5.75. The van der Waals surface area contributed by atoms with E-state index in [1.54, 1.807) is 6.07 Å². The van der Waals surface area contributed by atoms with Crippen molar-refractivity contribution < 1.29 is 31.8 Å². The van der Waals surface area contributed by atoms with Gasteiger partial charge in [-0.3, -0.25) is 19.0 Å². The van der Waals surface area contributed by atoms with E-state index in [0.717, 1.165) is 9.37 Å². The van der Waals surface area contributed by atoms with Gasteiger partial charge in [0.15, 0.2) is 5.78 Å². The normalized spacial score (nSPS) is 27.4. The van der Waals surface area contributed by atoms with Gasteiger partial charge in [0, 0.05) is 12.6 Å². The Morgan fingerprint density at radius 2 is 2.28 bits per heavy atom. The minimum absolute atomic E-state index is 0.133. The number of furan rings is 1. The zero-order valence-corrected chi connectivity index (χ0v) is 14.5. The van der Waals surface area contributed by atoms with Crippen LogP contribution in [-0.2, 0) is 24.7 Å². The number of carbonyl (C=O) groups excluding carboxylic acids is 2. The van der Waals surface area contributed by atoms with Crippen molar-refractivity contribution in [3.63, 3.8) is 0 Å². The Morgan fingerprint density at radius 1 is 1.56 bits per heavy atom. The molecule has 3 atom stereocenters. The number of fused-ring (bicyclic) bond motifs is 1. The van der Waals surface area contributed by atoms with E-state index >= 15 is 0 Å². The minimum atomic E-state index is -4.39. The molecule has 3 unspecified atom stereocenters. The van der Waals surface area contributed by atoms with Crippen LogP contribution in [0.1, 0.15) is 13.3 Å². The molecule has 11 heteroatoms. The highest BCUT2D eigenvalue weighted by Gasteiger charge is 2.64. The SMILES string of the molecule is CON(C(=O)C(C)C(=O)C12CN(S(=O)(=O)O)C1CCN2)c1ccco1. The fourth-order valence-corrected chi connectivity index (χ4v) is 4.48. The van der Waals surface area contributed by atoms with Gasteiger partial charge in [-0.25, -0.2) is 0 Å². The van der Waals surface area contributed by atoms with E-state index in [1.165, 1.54) is 26.4 Å². The highest BCUT2D eigenvalue weighted by atomic mass is 32.2. The van der Waals surface area contributed by atoms with Gasteiger partial charge in [-0.2, -0.15) is 17.8 Å². The highest BCUT2D eigenvalue weighted by Crippen LogP contribution is 2.40. The maximum absolute atomic E-state index is 12.9. The molecule has 1 aromatic heterocycles. The number of carbonyl (C=O) groups is 2. The van der Waals surface area contributed by atoms with Gasteiger partial charge in [0.2, 0.25) is 5.88 Å². The van der Waals surface area contributed by atoms with Crippen molar-refractivity contribution in [2.75, 3.05) is 25.3 Å². The lowest BCUT2D eigenvalue weighted by molar-refractivity contribution is -0.143. The quantitative estimate of drug-likeness (QED) is 0.391. The standard InChI is InChI=1S/C14H19N3O7S/c1-9(13(19)17(23-2)11-4-3-7-24-11)12(18)14-8-16(25(20,21)22)10(14)5-6-15-14/h3-4,7,9-10,15H,5-6,8H2,1-2H3,(H,20,21,22). The summed E-state index contributed by atoms with van der Waals surface area (Å²) >= 11 is 0. The van der Waals surface area contributed by atoms with E-state index < -0.39 is 39.5 Å². The summed E-state index contributed by atoms with van der Waals surface area (Å²) in [5, 5.41) is 3.87. The van der Waals surface area contributed by atoms with Crippen molar-refractivity contribution >= 4 is 27.9 Å². The third kappa shape index (κ3) is 2.77. The molecule has 0 aliphatic carbocycles. The number of anilines is 1. The first-order valence-electron chi connectivity index (χ1n) is 7.67. The first kappa shape index (κ1) is 18.0. The average molecular weight is 373 g/mol. The molecule has 3 heterocycles. The molecule has 10 nitrogen and oxygen atoms in total. The van der Waals surface area contributed by atoms with E-state index in [0.29, 0.717) is 13.0 Å². The lowest BCUT2D eigenvalue weighted by Gasteiger charge is -2.50. The van der Waals surface area contributed by atoms with Crippen LogP contribution in [-0.4, -0.2) is 60.7 Å². The van der Waals surface area contributed by atoms with Crippen LogP contribution in [0, 0.1) is 5.92 Å². The maximum Gasteiger partial charge on any atom is 0.336 e. The number of hydroxylamine groups is 1. The van der Waals surface area contributed by atoms with E-state index in [1.807, 2.05) is 0 Å². The molecule has 0 radical (unpaired) electrons. The van der Waals surface area contributed by atoms with Gasteiger partial charge in [-0.05, 0) is 26.0 Å². The van der Waals surface area contributed by atoms with Crippen LogP contribution in [0.15, 0.2) is 22.8 Å². The van der Waals surface area contributed by atoms with Gasteiger partial charge in [-0.15, -0.1) is 0 Å². The Bertz CT molecular complexity index is 778. The predicted octanol–water partition coefficient (Wildman–Crippen LogP) is -0.402. The second kappa shape index (κ2) is 6.18. The molecule has 2 aliphatic rings. The molecule has 0 spiro atoms. The summed E-state index contributed by atoms with van der Waals surface area (Å²) in [4.78, 5) is 30.6. The van der Waals surface area contributed by atoms with Gasteiger partial charge < -0.3 is 9.73 Å². The van der Waals surface area contributed by atoms with Crippen molar-refractivity contribution in [1.29, 1.82) is 0 Å². The second-order valence-electron chi connectivity index (χ2n) is 6.08. The summed E-state index contributed by atoms with van der Waals surface area (Å²) in [6.45, 7) is 1.64. The molecular formula is C14H19N3O7S. The number of ketones is 1. The maximum atomic E-state index is 12.9. The van der Waals surface area contributed by atoms with E-state index in [2.05, 4.69) is 5.32 Å². The summed E-state index contributed by atoms with van der Waals surface area (Å²) in [7, 11) is -3.11. The van der Waals surface area contributed by atoms with Crippen molar-refractivity contribution in [2.45, 2.75) is 24.9 Å². The summed E-state index contributed by atoms with van der Waals surface area (Å²) in [5.74, 6) is -2.04. The molecule has 2 fully saturated rings. The van der Waals surface area contributed by atoms with Crippen LogP contribution in [0.25, 0.3) is 0 Å². The number of rotatable bonds is 6. The lowest BCUT2D eigenvalue weighted by atomic mass is 9.76. The predicted molar refractivity (Wildman–Crippen MR) is 84.8 cm³/mol. The first-order chi connectivity index (χ1) is 11.7. The van der Waals surface area contributed by atoms with Crippen molar-refractivity contribution in [2.24, 2.45) is 5.92 Å². The van der Waals surface area contributed by atoms with Gasteiger partial charge in [0.05, 0.1) is 25.3 Å². The topological polar surface area (TPSA) is 129 Å². The molecule has 0 aromatic carbocycles. The molecular weight excluding hydrogens is 354 g/mol. The Hall–Kier alpha value is -1.79. The molecule has 1 aromatic rings. The Morgan fingerprint density at radius 3 is 2.84 bits per heavy atom. The van der Waals surface area contributed by atoms with Gasteiger partial charge >= 0.3 is 10.3 Å². The molecule has 138 valence electrons. The minimum Gasteiger partial charge on any atom is -0.446 e. The number of hydrogen-bond donors (Lipinski definition) is 2. The lowest BCUT2D eigenvalue weighted by Crippen LogP contribution is -2.77. The second-order valence-corrected chi connectivity index (χ2v) is 7.44. The number of amides is 1. The summed E-state index contributed by atoms with van der Waals surface area (Å²) in [6.07, 6.45) is 1.74. The van der Waals surface area contributed by atoms with Crippen LogP contribution in [0.3, 0.4) is 0 Å². The first-order valence-corrected chi connectivity index (χ1v) is 9.07. The van der Waals surface area contributed by atoms with Gasteiger partial charge in [-0.1, -0.05) is 0 Å². The van der Waals surface area contributed by atoms with Gasteiger partial charge in [0.1, 0.15) is 5.54 Å². The molecule has 2 N–H and O–H groups in total. The number of hydrogen-bond acceptors (Lipinski definition) is 7. The van der Waals surface area contributed by atoms with Crippen LogP contribution >= 0.6 is 0 Å². The number of Topliss-reactive ketones (excluding diaryl/α,β-unsaturated/α-hetero) is 1. The van der Waals surface area contributed by atoms with Crippen LogP contribution in [0.2, 0.25) is 0 Å². The van der Waals surface area contributed by atoms with E-state index in [4.69, 9.17) is 9.25 Å². The largest absolute Gasteiger partial charge is 0.446 e. The third-order valence-electron chi connectivity index (χ3n) is 4.77. The van der Waals surface area contributed by atoms with Crippen molar-refractivity contribution in [1.82, 2.24) is 9.62 Å². The van der Waals surface area contributed by atoms with E-state index in [-0.39, 0.29) is 12.4 Å². The Kier molecular flexibility index (Phi) is 4.45. The summed E-state index contributed by atoms with van der Waals surface area (Å²) < 4.78 is 38.0. The number of nitrogens with one attached hydrogen (secondary N) is 1. The zero-order chi connectivity index (χ0) is 18.4. The molecule has 0 bridgehead atoms. The average Bonchev–Trinajstić information content (AvgIpc) is 3.15. The van der Waals surface area contributed by atoms with E-state index in [9.17, 15) is 22.6 Å². The monoisotopic (exact) mass is 373 g/mol. The molecule has 0 saturated carbocycles. The fourth-order valence-electron chi connectivity index (χ4n) is 3.51. The molecule has 3 rings (SSSR count). The smallest absolute Gasteiger partial charge is 0.336 e.